The van der Waals surface area contributed by atoms with E-state index in [0.717, 1.165) is 49.2 Å². The molecule has 0 aromatic heterocycles. The van der Waals surface area contributed by atoms with Crippen LogP contribution in [0.4, 0.5) is 4.39 Å². The normalized spacial score (nSPS) is 24.9. The number of aliphatic imine (C=N–C) groups is 1. The van der Waals surface area contributed by atoms with Crippen molar-refractivity contribution < 1.29 is 13.9 Å². The topological polar surface area (TPSA) is 92.9 Å². The molecule has 0 amide bonds. The highest BCUT2D eigenvalue weighted by Gasteiger charge is 2.38. The van der Waals surface area contributed by atoms with Crippen molar-refractivity contribution in [1.29, 1.82) is 0 Å². The standard InChI is InChI=1S/C22H30FN5O2/c1-14-12-18(26-9-11-29-2)28-22(24,27-14)17-13-16-6-10-30-21(16)19(20(17)23)15-4-3-7-25-8-5-15/h5,12-13,25,27H,3-4,6-11,24H2,1-2H3,(H,26,28). The van der Waals surface area contributed by atoms with E-state index in [1.54, 1.807) is 7.11 Å². The van der Waals surface area contributed by atoms with Gasteiger partial charge in [-0.05, 0) is 49.6 Å². The lowest BCUT2D eigenvalue weighted by Gasteiger charge is -2.38. The summed E-state index contributed by atoms with van der Waals surface area (Å²) >= 11 is 0. The third-order valence-electron chi connectivity index (χ3n) is 5.60. The maximum Gasteiger partial charge on any atom is 0.192 e. The summed E-state index contributed by atoms with van der Waals surface area (Å²) in [6.07, 6.45) is 6.40. The molecule has 7 nitrogen and oxygen atoms in total. The molecule has 1 atom stereocenters. The third kappa shape index (κ3) is 4.08. The number of hydrogen-bond acceptors (Lipinski definition) is 6. The quantitative estimate of drug-likeness (QED) is 0.548. The Morgan fingerprint density at radius 2 is 2.20 bits per heavy atom. The Labute approximate surface area is 176 Å². The van der Waals surface area contributed by atoms with E-state index in [2.05, 4.69) is 27.0 Å². The molecule has 0 spiro atoms. The number of benzene rings is 1. The summed E-state index contributed by atoms with van der Waals surface area (Å²) in [4.78, 5) is 4.49. The molecule has 0 saturated heterocycles. The van der Waals surface area contributed by atoms with Crippen LogP contribution in [-0.2, 0) is 16.9 Å². The van der Waals surface area contributed by atoms with Gasteiger partial charge in [0.1, 0.15) is 17.4 Å². The molecule has 1 aromatic carbocycles. The highest BCUT2D eigenvalue weighted by Crippen LogP contribution is 2.41. The van der Waals surface area contributed by atoms with Gasteiger partial charge in [-0.25, -0.2) is 4.39 Å². The van der Waals surface area contributed by atoms with E-state index in [1.807, 2.05) is 19.1 Å². The van der Waals surface area contributed by atoms with Crippen LogP contribution >= 0.6 is 0 Å². The average Bonchev–Trinajstić information content (AvgIpc) is 3.00. The number of fused-ring (bicyclic) bond motifs is 1. The van der Waals surface area contributed by atoms with Crippen LogP contribution < -0.4 is 26.4 Å². The number of nitrogens with zero attached hydrogens (tertiary/aromatic N) is 1. The molecular formula is C22H30FN5O2. The summed E-state index contributed by atoms with van der Waals surface area (Å²) in [7, 11) is 1.63. The first-order chi connectivity index (χ1) is 14.5. The lowest BCUT2D eigenvalue weighted by molar-refractivity contribution is 0.207. The lowest BCUT2D eigenvalue weighted by atomic mass is 9.91. The zero-order valence-electron chi connectivity index (χ0n) is 17.6. The molecule has 0 fully saturated rings. The average molecular weight is 416 g/mol. The molecule has 0 aliphatic carbocycles. The number of methoxy groups -OCH3 is 1. The minimum absolute atomic E-state index is 0.350. The molecule has 5 N–H and O–H groups in total. The first-order valence-electron chi connectivity index (χ1n) is 10.5. The molecule has 3 aliphatic heterocycles. The second kappa shape index (κ2) is 8.75. The van der Waals surface area contributed by atoms with Crippen molar-refractivity contribution in [3.8, 4) is 5.75 Å². The molecule has 0 saturated carbocycles. The number of rotatable bonds is 5. The van der Waals surface area contributed by atoms with Crippen molar-refractivity contribution in [1.82, 2.24) is 16.0 Å². The summed E-state index contributed by atoms with van der Waals surface area (Å²) < 4.78 is 27.0. The van der Waals surface area contributed by atoms with Crippen molar-refractivity contribution in [3.63, 3.8) is 0 Å². The fourth-order valence-electron chi connectivity index (χ4n) is 4.21. The van der Waals surface area contributed by atoms with Gasteiger partial charge in [0.2, 0.25) is 0 Å². The Morgan fingerprint density at radius 1 is 1.33 bits per heavy atom. The van der Waals surface area contributed by atoms with Gasteiger partial charge >= 0.3 is 0 Å². The minimum atomic E-state index is -1.31. The van der Waals surface area contributed by atoms with Gasteiger partial charge in [0.05, 0.1) is 25.3 Å². The van der Waals surface area contributed by atoms with Crippen LogP contribution in [0.25, 0.3) is 5.57 Å². The van der Waals surface area contributed by atoms with Crippen LogP contribution in [0.2, 0.25) is 0 Å². The first kappa shape index (κ1) is 20.8. The Bertz CT molecular complexity index is 911. The zero-order valence-corrected chi connectivity index (χ0v) is 17.6. The number of hydrogen-bond donors (Lipinski definition) is 4. The fourth-order valence-corrected chi connectivity index (χ4v) is 4.21. The van der Waals surface area contributed by atoms with E-state index in [-0.39, 0.29) is 5.82 Å². The molecule has 0 radical (unpaired) electrons. The summed E-state index contributed by atoms with van der Waals surface area (Å²) in [5.41, 5.74) is 10.4. The SMILES string of the molecule is COCCN=C1C=C(C)NC(N)(c2cc3c(c(C4=CCNCCC4)c2F)OCC3)N1. The van der Waals surface area contributed by atoms with E-state index >= 15 is 4.39 Å². The Morgan fingerprint density at radius 3 is 3.03 bits per heavy atom. The fraction of sp³-hybridized carbons (Fsp3) is 0.500. The van der Waals surface area contributed by atoms with Crippen LogP contribution in [0.15, 0.2) is 28.9 Å². The van der Waals surface area contributed by atoms with Gasteiger partial charge in [-0.15, -0.1) is 0 Å². The van der Waals surface area contributed by atoms with Crippen LogP contribution in [0.3, 0.4) is 0 Å². The van der Waals surface area contributed by atoms with Crippen molar-refractivity contribution in [2.75, 3.05) is 40.0 Å². The Hall–Kier alpha value is -2.42. The minimum Gasteiger partial charge on any atom is -0.492 e. The predicted molar refractivity (Wildman–Crippen MR) is 116 cm³/mol. The lowest BCUT2D eigenvalue weighted by Crippen LogP contribution is -2.64. The predicted octanol–water partition coefficient (Wildman–Crippen LogP) is 1.74. The Balaban J connectivity index is 1.77. The van der Waals surface area contributed by atoms with Gasteiger partial charge in [0.25, 0.3) is 0 Å². The molecule has 3 aliphatic rings. The summed E-state index contributed by atoms with van der Waals surface area (Å²) in [5.74, 6) is -0.409. The monoisotopic (exact) mass is 415 g/mol. The maximum atomic E-state index is 16.1. The third-order valence-corrected chi connectivity index (χ3v) is 5.60. The molecule has 4 rings (SSSR count). The van der Waals surface area contributed by atoms with Crippen molar-refractivity contribution in [3.05, 3.63) is 46.4 Å². The largest absolute Gasteiger partial charge is 0.492 e. The number of allylic oxidation sites excluding steroid dienone is 2. The van der Waals surface area contributed by atoms with E-state index < -0.39 is 5.79 Å². The van der Waals surface area contributed by atoms with E-state index in [4.69, 9.17) is 15.2 Å². The number of nitrogens with two attached hydrogens (primary N) is 1. The highest BCUT2D eigenvalue weighted by atomic mass is 19.1. The molecule has 162 valence electrons. The zero-order chi connectivity index (χ0) is 21.1. The second-order valence-corrected chi connectivity index (χ2v) is 7.88. The Kier molecular flexibility index (Phi) is 6.08. The molecule has 30 heavy (non-hydrogen) atoms. The number of nitrogens with one attached hydrogen (secondary N) is 3. The van der Waals surface area contributed by atoms with Gasteiger partial charge in [-0.2, -0.15) is 0 Å². The van der Waals surface area contributed by atoms with E-state index in [0.29, 0.717) is 42.5 Å². The first-order valence-corrected chi connectivity index (χ1v) is 10.5. The van der Waals surface area contributed by atoms with Crippen molar-refractivity contribution in [2.24, 2.45) is 10.7 Å². The van der Waals surface area contributed by atoms with Gasteiger partial charge in [-0.3, -0.25) is 10.7 Å². The van der Waals surface area contributed by atoms with Crippen molar-refractivity contribution in [2.45, 2.75) is 32.0 Å². The van der Waals surface area contributed by atoms with Gasteiger partial charge in [-0.1, -0.05) is 6.08 Å². The van der Waals surface area contributed by atoms with Crippen LogP contribution in [0.1, 0.15) is 36.5 Å². The van der Waals surface area contributed by atoms with Gasteiger partial charge in [0.15, 0.2) is 5.79 Å². The summed E-state index contributed by atoms with van der Waals surface area (Å²) in [6, 6.07) is 1.82. The maximum absolute atomic E-state index is 16.1. The summed E-state index contributed by atoms with van der Waals surface area (Å²) in [6.45, 7) is 5.07. The molecule has 1 unspecified atom stereocenters. The number of ether oxygens (including phenoxy) is 2. The van der Waals surface area contributed by atoms with Gasteiger partial charge in [0, 0.05) is 31.3 Å². The number of amidine groups is 1. The van der Waals surface area contributed by atoms with Crippen LogP contribution in [0.5, 0.6) is 5.75 Å². The van der Waals surface area contributed by atoms with Crippen LogP contribution in [-0.4, -0.2) is 45.8 Å². The van der Waals surface area contributed by atoms with Gasteiger partial charge < -0.3 is 25.4 Å². The number of halogens is 1. The van der Waals surface area contributed by atoms with Crippen LogP contribution in [0, 0.1) is 5.82 Å². The van der Waals surface area contributed by atoms with Crippen molar-refractivity contribution >= 4 is 11.4 Å². The summed E-state index contributed by atoms with van der Waals surface area (Å²) in [5, 5.41) is 9.72. The molecular weight excluding hydrogens is 385 g/mol. The second-order valence-electron chi connectivity index (χ2n) is 7.88. The molecule has 1 aromatic rings. The molecule has 8 heteroatoms. The smallest absolute Gasteiger partial charge is 0.192 e. The highest BCUT2D eigenvalue weighted by molar-refractivity contribution is 5.95. The van der Waals surface area contributed by atoms with E-state index in [9.17, 15) is 0 Å². The molecule has 3 heterocycles. The molecule has 0 bridgehead atoms. The van der Waals surface area contributed by atoms with E-state index in [1.165, 1.54) is 0 Å².